The number of pyridine rings is 4. The standard InChI is InChI=1S/C17H20N4O2S.C14H17N5OS.C14H10N4OS/c1-11(2)8-21-9-12(7-15(21)22)16(23)20-17-19-14(10-24-17)13-5-3-4-6-18-13;1-18(2)11-7-19(8-11)14(20)17-13-16-12(9-21-13)10-4-3-5-15-6-10;19-13(10-4-3-6-15-8-10)18-14-17-12(9-20-14)11-5-1-2-7-16-11/h3-6,10-12H,7-9H2,1-2H3,(H,19,20,23);3-6,9,11H,7-8H2,1-2H3,(H,16,17,20);1-9H,(H,17,18,19). The molecule has 17 nitrogen and oxygen atoms in total. The largest absolute Gasteiger partial charge is 0.342 e. The lowest BCUT2D eigenvalue weighted by Gasteiger charge is -2.42. The molecule has 2 fully saturated rings. The Hall–Kier alpha value is -6.87. The van der Waals surface area contributed by atoms with Gasteiger partial charge in [0.2, 0.25) is 11.8 Å². The van der Waals surface area contributed by atoms with E-state index in [0.717, 1.165) is 47.1 Å². The van der Waals surface area contributed by atoms with Crippen molar-refractivity contribution in [3.8, 4) is 34.0 Å². The topological polar surface area (TPSA) is 204 Å². The Morgan fingerprint density at radius 2 is 1.28 bits per heavy atom. The number of carbonyl (C=O) groups is 4. The van der Waals surface area contributed by atoms with Crippen LogP contribution in [0.25, 0.3) is 34.0 Å². The van der Waals surface area contributed by atoms with Gasteiger partial charge in [-0.25, -0.2) is 19.7 Å². The molecule has 2 aliphatic heterocycles. The number of nitrogens with zero attached hydrogens (tertiary/aromatic N) is 10. The monoisotopic (exact) mass is 929 g/mol. The summed E-state index contributed by atoms with van der Waals surface area (Å²) in [6.07, 6.45) is 10.3. The van der Waals surface area contributed by atoms with Gasteiger partial charge in [-0.05, 0) is 68.5 Å². The Morgan fingerprint density at radius 3 is 1.83 bits per heavy atom. The number of nitrogens with one attached hydrogen (secondary N) is 3. The minimum Gasteiger partial charge on any atom is -0.342 e. The van der Waals surface area contributed by atoms with Crippen LogP contribution in [0.15, 0.2) is 114 Å². The van der Waals surface area contributed by atoms with Gasteiger partial charge in [0.1, 0.15) is 11.4 Å². The van der Waals surface area contributed by atoms with Crippen molar-refractivity contribution < 1.29 is 19.2 Å². The van der Waals surface area contributed by atoms with Gasteiger partial charge >= 0.3 is 6.03 Å². The highest BCUT2D eigenvalue weighted by atomic mass is 32.1. The third-order valence-corrected chi connectivity index (χ3v) is 12.2. The van der Waals surface area contributed by atoms with Crippen LogP contribution in [-0.4, -0.2) is 120 Å². The predicted octanol–water partition coefficient (Wildman–Crippen LogP) is 7.48. The maximum atomic E-state index is 12.4. The number of likely N-dealkylation sites (tertiary alicyclic amines) is 2. The third kappa shape index (κ3) is 12.9. The molecule has 7 aromatic heterocycles. The molecule has 9 heterocycles. The van der Waals surface area contributed by atoms with Crippen LogP contribution < -0.4 is 16.0 Å². The summed E-state index contributed by atoms with van der Waals surface area (Å²) in [7, 11) is 4.06. The van der Waals surface area contributed by atoms with Gasteiger partial charge in [0, 0.05) is 97.5 Å². The Labute approximate surface area is 388 Å². The lowest BCUT2D eigenvalue weighted by atomic mass is 10.1. The normalized spacial score (nSPS) is 14.5. The van der Waals surface area contributed by atoms with Gasteiger partial charge in [-0.15, -0.1) is 34.0 Å². The van der Waals surface area contributed by atoms with E-state index >= 15 is 0 Å². The molecule has 0 aliphatic carbocycles. The number of hydrogen-bond acceptors (Lipinski definition) is 15. The summed E-state index contributed by atoms with van der Waals surface area (Å²) in [5.74, 6) is -0.220. The maximum Gasteiger partial charge on any atom is 0.323 e. The molecule has 5 amide bonds. The van der Waals surface area contributed by atoms with Gasteiger partial charge in [0.05, 0.1) is 28.6 Å². The van der Waals surface area contributed by atoms with Crippen LogP contribution in [0.2, 0.25) is 0 Å². The second-order valence-electron chi connectivity index (χ2n) is 15.5. The molecule has 65 heavy (non-hydrogen) atoms. The Bertz CT molecular complexity index is 2640. The fourth-order valence-electron chi connectivity index (χ4n) is 6.46. The summed E-state index contributed by atoms with van der Waals surface area (Å²) in [6.45, 7) is 6.84. The van der Waals surface area contributed by atoms with E-state index < -0.39 is 0 Å². The van der Waals surface area contributed by atoms with Gasteiger partial charge in [-0.3, -0.25) is 45.0 Å². The first-order valence-corrected chi connectivity index (χ1v) is 23.2. The van der Waals surface area contributed by atoms with E-state index in [0.29, 0.717) is 46.0 Å². The van der Waals surface area contributed by atoms with Gasteiger partial charge in [0.15, 0.2) is 15.4 Å². The molecule has 20 heteroatoms. The summed E-state index contributed by atoms with van der Waals surface area (Å²) >= 11 is 4.15. The van der Waals surface area contributed by atoms with Gasteiger partial charge in [-0.2, -0.15) is 0 Å². The molecule has 3 N–H and O–H groups in total. The fraction of sp³-hybridized carbons (Fsp3) is 0.267. The van der Waals surface area contributed by atoms with Crippen molar-refractivity contribution in [2.24, 2.45) is 11.8 Å². The summed E-state index contributed by atoms with van der Waals surface area (Å²) in [5, 5.41) is 15.8. The van der Waals surface area contributed by atoms with E-state index in [9.17, 15) is 19.2 Å². The number of urea groups is 1. The van der Waals surface area contributed by atoms with E-state index in [-0.39, 0.29) is 36.1 Å². The fourth-order valence-corrected chi connectivity index (χ4v) is 8.58. The summed E-state index contributed by atoms with van der Waals surface area (Å²) in [6, 6.07) is 18.9. The molecule has 334 valence electrons. The molecule has 0 aromatic carbocycles. The van der Waals surface area contributed by atoms with Crippen molar-refractivity contribution in [2.75, 3.05) is 56.2 Å². The Kier molecular flexibility index (Phi) is 15.7. The zero-order chi connectivity index (χ0) is 45.7. The first kappa shape index (κ1) is 46.1. The molecule has 0 radical (unpaired) electrons. The molecular formula is C45H47N13O4S3. The smallest absolute Gasteiger partial charge is 0.323 e. The van der Waals surface area contributed by atoms with E-state index in [1.165, 1.54) is 40.2 Å². The number of anilines is 3. The molecule has 0 bridgehead atoms. The highest BCUT2D eigenvalue weighted by Gasteiger charge is 2.35. The van der Waals surface area contributed by atoms with Crippen molar-refractivity contribution in [3.05, 3.63) is 120 Å². The molecule has 2 saturated heterocycles. The first-order valence-electron chi connectivity index (χ1n) is 20.6. The summed E-state index contributed by atoms with van der Waals surface area (Å²) in [4.78, 5) is 83.7. The first-order chi connectivity index (χ1) is 31.5. The molecule has 1 unspecified atom stereocenters. The molecule has 2 aliphatic rings. The summed E-state index contributed by atoms with van der Waals surface area (Å²) in [5.41, 5.74) is 5.32. The van der Waals surface area contributed by atoms with Crippen LogP contribution in [0.4, 0.5) is 20.2 Å². The number of amides is 5. The van der Waals surface area contributed by atoms with Crippen LogP contribution in [0.3, 0.4) is 0 Å². The number of carbonyl (C=O) groups excluding carboxylic acids is 4. The van der Waals surface area contributed by atoms with Crippen molar-refractivity contribution in [1.29, 1.82) is 0 Å². The zero-order valence-corrected chi connectivity index (χ0v) is 38.5. The molecular weight excluding hydrogens is 883 g/mol. The van der Waals surface area contributed by atoms with Gasteiger partial charge in [0.25, 0.3) is 5.91 Å². The van der Waals surface area contributed by atoms with E-state index in [1.54, 1.807) is 52.9 Å². The molecule has 1 atom stereocenters. The van der Waals surface area contributed by atoms with Gasteiger partial charge in [-0.1, -0.05) is 26.0 Å². The second kappa shape index (κ2) is 22.2. The van der Waals surface area contributed by atoms with Crippen molar-refractivity contribution in [3.63, 3.8) is 0 Å². The van der Waals surface area contributed by atoms with E-state index in [2.05, 4.69) is 69.6 Å². The van der Waals surface area contributed by atoms with Crippen LogP contribution in [-0.2, 0) is 9.59 Å². The zero-order valence-electron chi connectivity index (χ0n) is 36.1. The highest BCUT2D eigenvalue weighted by Crippen LogP contribution is 2.27. The number of likely N-dealkylation sites (N-methyl/N-ethyl adjacent to an activating group) is 1. The van der Waals surface area contributed by atoms with E-state index in [1.807, 2.05) is 78.8 Å². The van der Waals surface area contributed by atoms with E-state index in [4.69, 9.17) is 0 Å². The number of thiazole rings is 3. The van der Waals surface area contributed by atoms with Crippen molar-refractivity contribution in [1.82, 2.24) is 49.6 Å². The highest BCUT2D eigenvalue weighted by molar-refractivity contribution is 7.14. The summed E-state index contributed by atoms with van der Waals surface area (Å²) < 4.78 is 0. The minimum atomic E-state index is -0.307. The van der Waals surface area contributed by atoms with Crippen molar-refractivity contribution >= 4 is 73.2 Å². The average molecular weight is 930 g/mol. The van der Waals surface area contributed by atoms with Crippen molar-refractivity contribution in [2.45, 2.75) is 26.3 Å². The minimum absolute atomic E-state index is 0.0529. The van der Waals surface area contributed by atoms with Crippen LogP contribution in [0.5, 0.6) is 0 Å². The van der Waals surface area contributed by atoms with Crippen LogP contribution >= 0.6 is 34.0 Å². The quantitative estimate of drug-likeness (QED) is 0.116. The number of rotatable bonds is 11. The lowest BCUT2D eigenvalue weighted by molar-refractivity contribution is -0.128. The number of aromatic nitrogens is 7. The lowest BCUT2D eigenvalue weighted by Crippen LogP contribution is -2.60. The molecule has 9 rings (SSSR count). The SMILES string of the molecule is CC(C)CN1CC(C(=O)Nc2nc(-c3ccccn3)cs2)CC1=O.CN(C)C1CN(C(=O)Nc2nc(-c3cccnc3)cs2)C1.O=C(Nc1nc(-c2ccccn2)cs1)c1cccnc1. The second-order valence-corrected chi connectivity index (χ2v) is 18.1. The van der Waals surface area contributed by atoms with Crippen LogP contribution in [0.1, 0.15) is 30.6 Å². The van der Waals surface area contributed by atoms with Crippen LogP contribution in [0, 0.1) is 11.8 Å². The maximum absolute atomic E-state index is 12.4. The number of hydrogen-bond donors (Lipinski definition) is 3. The Balaban J connectivity index is 0.000000146. The third-order valence-electron chi connectivity index (χ3n) is 9.96. The Morgan fingerprint density at radius 1 is 0.692 bits per heavy atom. The molecule has 0 saturated carbocycles. The molecule has 7 aromatic rings. The molecule has 0 spiro atoms. The average Bonchev–Trinajstić information content (AvgIpc) is 4.14. The predicted molar refractivity (Wildman–Crippen MR) is 254 cm³/mol. The van der Waals surface area contributed by atoms with Gasteiger partial charge < -0.3 is 20.0 Å².